The van der Waals surface area contributed by atoms with Crippen LogP contribution in [0.2, 0.25) is 5.02 Å². The van der Waals surface area contributed by atoms with Gasteiger partial charge in [0.1, 0.15) is 5.75 Å². The fourth-order valence-corrected chi connectivity index (χ4v) is 4.09. The molecule has 150 valence electrons. The van der Waals surface area contributed by atoms with E-state index in [4.69, 9.17) is 16.3 Å². The van der Waals surface area contributed by atoms with Gasteiger partial charge in [-0.3, -0.25) is 10.1 Å². The molecule has 29 heavy (non-hydrogen) atoms. The molecule has 9 heteroatoms. The van der Waals surface area contributed by atoms with Crippen molar-refractivity contribution < 1.29 is 18.1 Å². The molecule has 7 nitrogen and oxygen atoms in total. The summed E-state index contributed by atoms with van der Waals surface area (Å²) in [6.07, 6.45) is 0. The van der Waals surface area contributed by atoms with Gasteiger partial charge in [-0.2, -0.15) is 4.72 Å². The van der Waals surface area contributed by atoms with Gasteiger partial charge < -0.3 is 4.74 Å². The summed E-state index contributed by atoms with van der Waals surface area (Å²) >= 11 is 5.96. The second kappa shape index (κ2) is 8.60. The number of methoxy groups -OCH3 is 1. The molecule has 0 aromatic heterocycles. The summed E-state index contributed by atoms with van der Waals surface area (Å²) in [5.74, 6) is 0.641. The van der Waals surface area contributed by atoms with Gasteiger partial charge in [-0.1, -0.05) is 35.9 Å². The second-order valence-corrected chi connectivity index (χ2v) is 8.28. The van der Waals surface area contributed by atoms with Gasteiger partial charge in [0.2, 0.25) is 10.0 Å². The molecular formula is C20H17ClN2O5S. The number of non-ortho nitro benzene ring substituents is 1. The van der Waals surface area contributed by atoms with Crippen LogP contribution in [0.4, 0.5) is 5.69 Å². The predicted molar refractivity (Wildman–Crippen MR) is 110 cm³/mol. The number of rotatable bonds is 7. The van der Waals surface area contributed by atoms with E-state index < -0.39 is 21.0 Å². The van der Waals surface area contributed by atoms with Crippen LogP contribution in [0.15, 0.2) is 77.7 Å². The number of hydrogen-bond donors (Lipinski definition) is 1. The van der Waals surface area contributed by atoms with E-state index in [0.717, 1.165) is 12.1 Å². The minimum absolute atomic E-state index is 0.0735. The van der Waals surface area contributed by atoms with E-state index in [1.807, 2.05) is 0 Å². The average molecular weight is 433 g/mol. The molecule has 0 aliphatic rings. The van der Waals surface area contributed by atoms with Crippen molar-refractivity contribution in [2.24, 2.45) is 0 Å². The van der Waals surface area contributed by atoms with Crippen molar-refractivity contribution >= 4 is 27.3 Å². The van der Waals surface area contributed by atoms with Crippen molar-refractivity contribution in [3.8, 4) is 5.75 Å². The quantitative estimate of drug-likeness (QED) is 0.442. The number of hydrogen-bond acceptors (Lipinski definition) is 5. The van der Waals surface area contributed by atoms with Gasteiger partial charge >= 0.3 is 0 Å². The van der Waals surface area contributed by atoms with Crippen LogP contribution in [0, 0.1) is 10.1 Å². The molecule has 0 saturated heterocycles. The Morgan fingerprint density at radius 3 is 1.93 bits per heavy atom. The summed E-state index contributed by atoms with van der Waals surface area (Å²) in [5.41, 5.74) is 1.19. The van der Waals surface area contributed by atoms with Crippen molar-refractivity contribution in [2.45, 2.75) is 10.9 Å². The van der Waals surface area contributed by atoms with Crippen LogP contribution in [0.25, 0.3) is 0 Å². The third-order valence-corrected chi connectivity index (χ3v) is 5.97. The van der Waals surface area contributed by atoms with E-state index in [1.165, 1.54) is 12.1 Å². The highest BCUT2D eigenvalue weighted by molar-refractivity contribution is 7.89. The lowest BCUT2D eigenvalue weighted by Gasteiger charge is -2.20. The minimum atomic E-state index is -3.96. The van der Waals surface area contributed by atoms with Crippen molar-refractivity contribution in [3.63, 3.8) is 0 Å². The summed E-state index contributed by atoms with van der Waals surface area (Å²) in [7, 11) is -2.42. The molecule has 0 aliphatic heterocycles. The number of nitro groups is 1. The minimum Gasteiger partial charge on any atom is -0.497 e. The van der Waals surface area contributed by atoms with Crippen molar-refractivity contribution in [2.75, 3.05) is 7.11 Å². The number of nitrogens with one attached hydrogen (secondary N) is 1. The SMILES string of the molecule is COc1ccc([C@@H](NS(=O)(=O)c2ccc([N+](=O)[O-])cc2)c2ccc(Cl)cc2)cc1. The van der Waals surface area contributed by atoms with E-state index >= 15 is 0 Å². The van der Waals surface area contributed by atoms with Crippen molar-refractivity contribution in [1.29, 1.82) is 0 Å². The monoisotopic (exact) mass is 432 g/mol. The van der Waals surface area contributed by atoms with Crippen LogP contribution >= 0.6 is 11.6 Å². The maximum absolute atomic E-state index is 12.9. The first-order chi connectivity index (χ1) is 13.8. The Kier molecular flexibility index (Phi) is 6.17. The normalized spacial score (nSPS) is 12.3. The molecule has 0 saturated carbocycles. The average Bonchev–Trinajstić information content (AvgIpc) is 2.73. The molecule has 1 N–H and O–H groups in total. The Labute approximate surface area is 173 Å². The molecule has 0 fully saturated rings. The lowest BCUT2D eigenvalue weighted by Crippen LogP contribution is -2.29. The highest BCUT2D eigenvalue weighted by Crippen LogP contribution is 2.28. The topological polar surface area (TPSA) is 98.5 Å². The van der Waals surface area contributed by atoms with Gasteiger partial charge in [-0.05, 0) is 47.5 Å². The van der Waals surface area contributed by atoms with Crippen LogP contribution in [0.1, 0.15) is 17.2 Å². The number of halogens is 1. The number of sulfonamides is 1. The molecule has 0 unspecified atom stereocenters. The molecule has 0 bridgehead atoms. The molecule has 3 rings (SSSR count). The molecule has 0 spiro atoms. The number of ether oxygens (including phenoxy) is 1. The third-order valence-electron chi connectivity index (χ3n) is 4.28. The number of nitro benzene ring substituents is 1. The molecule has 0 aliphatic carbocycles. The summed E-state index contributed by atoms with van der Waals surface area (Å²) in [5, 5.41) is 11.3. The summed E-state index contributed by atoms with van der Waals surface area (Å²) in [4.78, 5) is 10.1. The molecule has 0 heterocycles. The lowest BCUT2D eigenvalue weighted by atomic mass is 10.00. The summed E-state index contributed by atoms with van der Waals surface area (Å²) in [6.45, 7) is 0. The van der Waals surface area contributed by atoms with Gasteiger partial charge in [0.25, 0.3) is 5.69 Å². The Balaban J connectivity index is 1.98. The first-order valence-electron chi connectivity index (χ1n) is 8.46. The van der Waals surface area contributed by atoms with Gasteiger partial charge in [0.05, 0.1) is 23.0 Å². The maximum atomic E-state index is 12.9. The van der Waals surface area contributed by atoms with Crippen LogP contribution in [-0.2, 0) is 10.0 Å². The molecule has 3 aromatic carbocycles. The zero-order valence-electron chi connectivity index (χ0n) is 15.3. The van der Waals surface area contributed by atoms with Gasteiger partial charge in [-0.15, -0.1) is 0 Å². The summed E-state index contributed by atoms with van der Waals surface area (Å²) < 4.78 is 33.7. The number of nitrogens with zero attached hydrogens (tertiary/aromatic N) is 1. The first kappa shape index (κ1) is 20.8. The molecular weight excluding hydrogens is 416 g/mol. The molecule has 1 atom stereocenters. The molecule has 0 amide bonds. The van der Waals surface area contributed by atoms with E-state index in [-0.39, 0.29) is 10.6 Å². The highest BCUT2D eigenvalue weighted by atomic mass is 35.5. The van der Waals surface area contributed by atoms with Crippen LogP contribution in [0.3, 0.4) is 0 Å². The van der Waals surface area contributed by atoms with Crippen molar-refractivity contribution in [3.05, 3.63) is 99.1 Å². The predicted octanol–water partition coefficient (Wildman–Crippen LogP) is 4.32. The van der Waals surface area contributed by atoms with E-state index in [0.29, 0.717) is 21.9 Å². The van der Waals surface area contributed by atoms with Crippen molar-refractivity contribution in [1.82, 2.24) is 4.72 Å². The first-order valence-corrected chi connectivity index (χ1v) is 10.3. The fourth-order valence-electron chi connectivity index (χ4n) is 2.75. The molecule has 3 aromatic rings. The van der Waals surface area contributed by atoms with Gasteiger partial charge in [0, 0.05) is 17.2 Å². The van der Waals surface area contributed by atoms with Crippen LogP contribution in [0.5, 0.6) is 5.75 Å². The lowest BCUT2D eigenvalue weighted by molar-refractivity contribution is -0.384. The van der Waals surface area contributed by atoms with Crippen LogP contribution in [-0.4, -0.2) is 20.5 Å². The maximum Gasteiger partial charge on any atom is 0.269 e. The van der Waals surface area contributed by atoms with E-state index in [2.05, 4.69) is 4.72 Å². The summed E-state index contributed by atoms with van der Waals surface area (Å²) in [6, 6.07) is 17.8. The standard InChI is InChI=1S/C20H17ClN2O5S/c1-28-18-10-4-15(5-11-18)20(14-2-6-16(21)7-3-14)22-29(26,27)19-12-8-17(9-13-19)23(24)25/h2-13,20,22H,1H3/t20-/m0/s1. The van der Waals surface area contributed by atoms with Gasteiger partial charge in [0.15, 0.2) is 0 Å². The largest absolute Gasteiger partial charge is 0.497 e. The second-order valence-electron chi connectivity index (χ2n) is 6.13. The van der Waals surface area contributed by atoms with Crippen LogP contribution < -0.4 is 9.46 Å². The number of benzene rings is 3. The Morgan fingerprint density at radius 1 is 0.931 bits per heavy atom. The Hall–Kier alpha value is -2.94. The fraction of sp³-hybridized carbons (Fsp3) is 0.100. The zero-order chi connectivity index (χ0) is 21.0. The smallest absolute Gasteiger partial charge is 0.269 e. The highest BCUT2D eigenvalue weighted by Gasteiger charge is 2.23. The third kappa shape index (κ3) is 4.92. The Bertz CT molecular complexity index is 1100. The zero-order valence-corrected chi connectivity index (χ0v) is 16.9. The van der Waals surface area contributed by atoms with Gasteiger partial charge in [-0.25, -0.2) is 8.42 Å². The van der Waals surface area contributed by atoms with E-state index in [9.17, 15) is 18.5 Å². The Morgan fingerprint density at radius 2 is 1.45 bits per heavy atom. The molecule has 0 radical (unpaired) electrons. The van der Waals surface area contributed by atoms with E-state index in [1.54, 1.807) is 55.6 Å².